The molecular formula is C13H16N2O. The van der Waals surface area contributed by atoms with Crippen LogP contribution in [0.25, 0.3) is 0 Å². The minimum Gasteiger partial charge on any atom is -0.267 e. The number of unbranched alkanes of at least 4 members (excludes halogenated alkanes) is 1. The lowest BCUT2D eigenvalue weighted by Crippen LogP contribution is -2.16. The summed E-state index contributed by atoms with van der Waals surface area (Å²) in [5, 5.41) is 3.81. The highest BCUT2D eigenvalue weighted by molar-refractivity contribution is 5.94. The first-order chi connectivity index (χ1) is 7.84. The minimum absolute atomic E-state index is 0.194. The maximum atomic E-state index is 11.5. The van der Waals surface area contributed by atoms with E-state index in [1.165, 1.54) is 0 Å². The van der Waals surface area contributed by atoms with E-state index in [4.69, 9.17) is 0 Å². The minimum atomic E-state index is -0.194. The van der Waals surface area contributed by atoms with Gasteiger partial charge >= 0.3 is 0 Å². The lowest BCUT2D eigenvalue weighted by atomic mass is 10.2. The summed E-state index contributed by atoms with van der Waals surface area (Å²) in [7, 11) is 0. The second-order valence-electron chi connectivity index (χ2n) is 3.30. The van der Waals surface area contributed by atoms with Crippen LogP contribution in [0.1, 0.15) is 30.1 Å². The summed E-state index contributed by atoms with van der Waals surface area (Å²) in [4.78, 5) is 11.5. The van der Waals surface area contributed by atoms with Gasteiger partial charge in [-0.3, -0.25) is 4.79 Å². The van der Waals surface area contributed by atoms with Gasteiger partial charge in [0.05, 0.1) is 0 Å². The third kappa shape index (κ3) is 4.55. The number of rotatable bonds is 5. The van der Waals surface area contributed by atoms with Crippen molar-refractivity contribution in [3.63, 3.8) is 0 Å². The number of nitrogens with one attached hydrogen (secondary N) is 1. The van der Waals surface area contributed by atoms with Crippen molar-refractivity contribution in [2.24, 2.45) is 5.10 Å². The topological polar surface area (TPSA) is 41.5 Å². The number of nitrogens with zero attached hydrogens (tertiary/aromatic N) is 1. The van der Waals surface area contributed by atoms with Crippen LogP contribution in [0.15, 0.2) is 47.6 Å². The van der Waals surface area contributed by atoms with Crippen molar-refractivity contribution in [1.29, 1.82) is 0 Å². The van der Waals surface area contributed by atoms with Crippen LogP contribution in [0, 0.1) is 0 Å². The fraction of sp³-hybridized carbons (Fsp3) is 0.231. The summed E-state index contributed by atoms with van der Waals surface area (Å²) in [6, 6.07) is 9.00. The van der Waals surface area contributed by atoms with Gasteiger partial charge in [-0.2, -0.15) is 5.10 Å². The lowest BCUT2D eigenvalue weighted by molar-refractivity contribution is 0.0955. The van der Waals surface area contributed by atoms with Gasteiger partial charge < -0.3 is 0 Å². The molecule has 1 N–H and O–H groups in total. The molecule has 84 valence electrons. The van der Waals surface area contributed by atoms with Gasteiger partial charge in [-0.05, 0) is 24.6 Å². The third-order valence-electron chi connectivity index (χ3n) is 1.95. The Bertz CT molecular complexity index is 369. The summed E-state index contributed by atoms with van der Waals surface area (Å²) in [6.45, 7) is 2.11. The third-order valence-corrected chi connectivity index (χ3v) is 1.95. The van der Waals surface area contributed by atoms with Crippen LogP contribution in [0.3, 0.4) is 0 Å². The van der Waals surface area contributed by atoms with E-state index in [0.717, 1.165) is 12.8 Å². The number of hydrogen-bond acceptors (Lipinski definition) is 2. The summed E-state index contributed by atoms with van der Waals surface area (Å²) >= 11 is 0. The second kappa shape index (κ2) is 7.40. The first-order valence-electron chi connectivity index (χ1n) is 5.38. The molecule has 1 aromatic rings. The smallest absolute Gasteiger partial charge is 0.267 e. The molecule has 0 unspecified atom stereocenters. The number of hydrazone groups is 1. The molecule has 0 aliphatic carbocycles. The van der Waals surface area contributed by atoms with Gasteiger partial charge in [0.1, 0.15) is 0 Å². The largest absolute Gasteiger partial charge is 0.271 e. The van der Waals surface area contributed by atoms with Gasteiger partial charge in [0.25, 0.3) is 5.91 Å². The van der Waals surface area contributed by atoms with Crippen molar-refractivity contribution in [2.45, 2.75) is 19.8 Å². The molecule has 0 aromatic heterocycles. The van der Waals surface area contributed by atoms with E-state index in [9.17, 15) is 4.79 Å². The Morgan fingerprint density at radius 2 is 2.12 bits per heavy atom. The molecule has 0 bridgehead atoms. The van der Waals surface area contributed by atoms with Crippen molar-refractivity contribution < 1.29 is 4.79 Å². The average Bonchev–Trinajstić information content (AvgIpc) is 2.34. The maximum Gasteiger partial charge on any atom is 0.271 e. The summed E-state index contributed by atoms with van der Waals surface area (Å²) in [5.74, 6) is -0.194. The van der Waals surface area contributed by atoms with Gasteiger partial charge in [0, 0.05) is 11.8 Å². The highest BCUT2D eigenvalue weighted by Crippen LogP contribution is 1.97. The van der Waals surface area contributed by atoms with Crippen LogP contribution in [-0.2, 0) is 0 Å². The molecule has 16 heavy (non-hydrogen) atoms. The number of hydrogen-bond donors (Lipinski definition) is 1. The molecule has 1 aromatic carbocycles. The standard InChI is InChI=1S/C13H16N2O/c1-2-3-4-8-11-14-15-13(16)12-9-6-5-7-10-12/h4-11H,2-3H2,1H3,(H,15,16)/b8-4+,14-11+. The van der Waals surface area contributed by atoms with E-state index in [0.29, 0.717) is 5.56 Å². The molecule has 0 fully saturated rings. The molecule has 0 heterocycles. The Kier molecular flexibility index (Phi) is 5.63. The first-order valence-corrected chi connectivity index (χ1v) is 5.38. The quantitative estimate of drug-likeness (QED) is 0.596. The number of amides is 1. The maximum absolute atomic E-state index is 11.5. The molecule has 1 rings (SSSR count). The number of carbonyl (C=O) groups is 1. The monoisotopic (exact) mass is 216 g/mol. The molecule has 0 saturated carbocycles. The Morgan fingerprint density at radius 1 is 1.38 bits per heavy atom. The number of benzene rings is 1. The van der Waals surface area contributed by atoms with Crippen molar-refractivity contribution in [1.82, 2.24) is 5.43 Å². The van der Waals surface area contributed by atoms with Gasteiger partial charge in [0.15, 0.2) is 0 Å². The predicted octanol–water partition coefficient (Wildman–Crippen LogP) is 2.76. The van der Waals surface area contributed by atoms with Gasteiger partial charge in [-0.15, -0.1) is 0 Å². The van der Waals surface area contributed by atoms with Crippen LogP contribution < -0.4 is 5.43 Å². The highest BCUT2D eigenvalue weighted by atomic mass is 16.2. The van der Waals surface area contributed by atoms with E-state index < -0.39 is 0 Å². The molecule has 1 amide bonds. The van der Waals surface area contributed by atoms with E-state index in [1.807, 2.05) is 30.4 Å². The van der Waals surface area contributed by atoms with Crippen molar-refractivity contribution in [3.05, 3.63) is 48.0 Å². The summed E-state index contributed by atoms with van der Waals surface area (Å²) in [6.07, 6.45) is 7.56. The van der Waals surface area contributed by atoms with Gasteiger partial charge in [0.2, 0.25) is 0 Å². The summed E-state index contributed by atoms with van der Waals surface area (Å²) < 4.78 is 0. The zero-order chi connectivity index (χ0) is 11.6. The van der Waals surface area contributed by atoms with E-state index in [-0.39, 0.29) is 5.91 Å². The fourth-order valence-electron chi connectivity index (χ4n) is 1.12. The summed E-state index contributed by atoms with van der Waals surface area (Å²) in [5.41, 5.74) is 3.06. The van der Waals surface area contributed by atoms with Crippen LogP contribution in [0.4, 0.5) is 0 Å². The molecular weight excluding hydrogens is 200 g/mol. The highest BCUT2D eigenvalue weighted by Gasteiger charge is 2.00. The predicted molar refractivity (Wildman–Crippen MR) is 66.4 cm³/mol. The Balaban J connectivity index is 2.36. The van der Waals surface area contributed by atoms with E-state index in [1.54, 1.807) is 18.3 Å². The Morgan fingerprint density at radius 3 is 2.81 bits per heavy atom. The van der Waals surface area contributed by atoms with Crippen molar-refractivity contribution >= 4 is 12.1 Å². The normalized spacial score (nSPS) is 11.1. The van der Waals surface area contributed by atoms with Crippen LogP contribution in [0.2, 0.25) is 0 Å². The SMILES string of the molecule is CCC/C=C/C=N/NC(=O)c1ccccc1. The Hall–Kier alpha value is -1.90. The molecule has 0 radical (unpaired) electrons. The first kappa shape index (κ1) is 12.2. The Labute approximate surface area is 95.9 Å². The van der Waals surface area contributed by atoms with Gasteiger partial charge in [-0.25, -0.2) is 5.43 Å². The molecule has 0 aliphatic rings. The number of allylic oxidation sites excluding steroid dienone is 2. The van der Waals surface area contributed by atoms with E-state index in [2.05, 4.69) is 17.5 Å². The molecule has 0 saturated heterocycles. The number of carbonyl (C=O) groups excluding carboxylic acids is 1. The average molecular weight is 216 g/mol. The molecule has 0 spiro atoms. The second-order valence-corrected chi connectivity index (χ2v) is 3.30. The molecule has 3 nitrogen and oxygen atoms in total. The molecule has 0 atom stereocenters. The zero-order valence-corrected chi connectivity index (χ0v) is 9.39. The molecule has 3 heteroatoms. The van der Waals surface area contributed by atoms with Crippen LogP contribution in [-0.4, -0.2) is 12.1 Å². The van der Waals surface area contributed by atoms with Crippen molar-refractivity contribution in [3.8, 4) is 0 Å². The zero-order valence-electron chi connectivity index (χ0n) is 9.39. The van der Waals surface area contributed by atoms with Crippen LogP contribution >= 0.6 is 0 Å². The fourth-order valence-corrected chi connectivity index (χ4v) is 1.12. The molecule has 0 aliphatic heterocycles. The van der Waals surface area contributed by atoms with Gasteiger partial charge in [-0.1, -0.05) is 37.6 Å². The van der Waals surface area contributed by atoms with Crippen molar-refractivity contribution in [2.75, 3.05) is 0 Å². The van der Waals surface area contributed by atoms with E-state index >= 15 is 0 Å². The lowest BCUT2D eigenvalue weighted by Gasteiger charge is -1.97. The van der Waals surface area contributed by atoms with Crippen LogP contribution in [0.5, 0.6) is 0 Å².